The van der Waals surface area contributed by atoms with Crippen LogP contribution in [-0.2, 0) is 0 Å². The second-order valence-electron chi connectivity index (χ2n) is 4.38. The molecule has 2 atom stereocenters. The van der Waals surface area contributed by atoms with Crippen molar-refractivity contribution in [3.05, 3.63) is 12.7 Å². The van der Waals surface area contributed by atoms with Gasteiger partial charge >= 0.3 is 0 Å². The lowest BCUT2D eigenvalue weighted by Crippen LogP contribution is -2.27. The third-order valence-electron chi connectivity index (χ3n) is 3.15. The van der Waals surface area contributed by atoms with Gasteiger partial charge in [-0.15, -0.1) is 6.58 Å². The molecule has 82 valence electrons. The Bertz CT molecular complexity index is 162. The van der Waals surface area contributed by atoms with Crippen molar-refractivity contribution in [3.63, 3.8) is 0 Å². The first-order chi connectivity index (χ1) is 6.74. The molecule has 1 aliphatic carbocycles. The van der Waals surface area contributed by atoms with E-state index in [1.807, 2.05) is 0 Å². The molecule has 0 saturated heterocycles. The second-order valence-corrected chi connectivity index (χ2v) is 4.38. The smallest absolute Gasteiger partial charge is 0.0599 e. The first-order valence-electron chi connectivity index (χ1n) is 5.71. The molecule has 2 nitrogen and oxygen atoms in total. The van der Waals surface area contributed by atoms with Crippen molar-refractivity contribution in [2.24, 2.45) is 5.92 Å². The summed E-state index contributed by atoms with van der Waals surface area (Å²) < 4.78 is 0. The molecule has 1 saturated carbocycles. The van der Waals surface area contributed by atoms with Gasteiger partial charge in [-0.1, -0.05) is 25.3 Å². The number of hydrogen-bond donors (Lipinski definition) is 2. The lowest BCUT2D eigenvalue weighted by molar-refractivity contribution is 0.0320. The zero-order valence-corrected chi connectivity index (χ0v) is 8.86. The molecule has 0 radical (unpaired) electrons. The standard InChI is InChI=1S/C12H22O2/c1-2-6-11(13)9-12(14)10-7-4-3-5-8-10/h2,10-14H,1,3-9H2/t11-,12?/m0/s1. The van der Waals surface area contributed by atoms with Gasteiger partial charge in [0, 0.05) is 0 Å². The quantitative estimate of drug-likeness (QED) is 0.665. The zero-order valence-electron chi connectivity index (χ0n) is 8.86. The summed E-state index contributed by atoms with van der Waals surface area (Å²) in [6.07, 6.45) is 8.11. The van der Waals surface area contributed by atoms with E-state index in [1.54, 1.807) is 6.08 Å². The maximum absolute atomic E-state index is 9.88. The minimum atomic E-state index is -0.413. The molecule has 1 unspecified atom stereocenters. The Hall–Kier alpha value is -0.340. The van der Waals surface area contributed by atoms with Crippen molar-refractivity contribution < 1.29 is 10.2 Å². The molecule has 14 heavy (non-hydrogen) atoms. The van der Waals surface area contributed by atoms with Crippen LogP contribution in [-0.4, -0.2) is 22.4 Å². The Kier molecular flexibility index (Phi) is 5.20. The number of aliphatic hydroxyl groups excluding tert-OH is 2. The minimum Gasteiger partial charge on any atom is -0.393 e. The summed E-state index contributed by atoms with van der Waals surface area (Å²) in [6, 6.07) is 0. The van der Waals surface area contributed by atoms with Crippen molar-refractivity contribution in [1.82, 2.24) is 0 Å². The van der Waals surface area contributed by atoms with Gasteiger partial charge in [-0.2, -0.15) is 0 Å². The van der Waals surface area contributed by atoms with E-state index < -0.39 is 6.10 Å². The van der Waals surface area contributed by atoms with E-state index in [9.17, 15) is 10.2 Å². The molecule has 0 heterocycles. The highest BCUT2D eigenvalue weighted by Gasteiger charge is 2.23. The SMILES string of the molecule is C=CC[C@H](O)CC(O)C1CCCCC1. The van der Waals surface area contributed by atoms with E-state index in [0.29, 0.717) is 18.8 Å². The molecule has 0 spiro atoms. The zero-order chi connectivity index (χ0) is 10.4. The monoisotopic (exact) mass is 198 g/mol. The largest absolute Gasteiger partial charge is 0.393 e. The Balaban J connectivity index is 2.24. The van der Waals surface area contributed by atoms with Crippen LogP contribution in [0.3, 0.4) is 0 Å². The predicted molar refractivity (Wildman–Crippen MR) is 58.0 cm³/mol. The summed E-state index contributed by atoms with van der Waals surface area (Å²) in [5.74, 6) is 0.420. The van der Waals surface area contributed by atoms with Crippen molar-refractivity contribution in [1.29, 1.82) is 0 Å². The molecule has 2 heteroatoms. The van der Waals surface area contributed by atoms with E-state index >= 15 is 0 Å². The van der Waals surface area contributed by atoms with Crippen LogP contribution in [0.5, 0.6) is 0 Å². The molecule has 2 N–H and O–H groups in total. The number of aliphatic hydroxyl groups is 2. The summed E-state index contributed by atoms with van der Waals surface area (Å²) in [5.41, 5.74) is 0. The lowest BCUT2D eigenvalue weighted by atomic mass is 9.83. The first-order valence-corrected chi connectivity index (χ1v) is 5.71. The second kappa shape index (κ2) is 6.20. The van der Waals surface area contributed by atoms with Gasteiger partial charge in [0.2, 0.25) is 0 Å². The average Bonchev–Trinajstić information content (AvgIpc) is 2.19. The molecule has 1 aliphatic rings. The molecular formula is C12H22O2. The van der Waals surface area contributed by atoms with Crippen molar-refractivity contribution in [2.45, 2.75) is 57.2 Å². The normalized spacial score (nSPS) is 23.0. The van der Waals surface area contributed by atoms with Gasteiger partial charge in [0.05, 0.1) is 12.2 Å². The topological polar surface area (TPSA) is 40.5 Å². The Morgan fingerprint density at radius 2 is 1.86 bits per heavy atom. The summed E-state index contributed by atoms with van der Waals surface area (Å²) >= 11 is 0. The third-order valence-corrected chi connectivity index (χ3v) is 3.15. The van der Waals surface area contributed by atoms with E-state index in [0.717, 1.165) is 12.8 Å². The third kappa shape index (κ3) is 3.81. The van der Waals surface area contributed by atoms with Crippen LogP contribution < -0.4 is 0 Å². The lowest BCUT2D eigenvalue weighted by Gasteiger charge is -2.27. The van der Waals surface area contributed by atoms with Gasteiger partial charge in [-0.05, 0) is 31.6 Å². The summed E-state index contributed by atoms with van der Waals surface area (Å²) in [6.45, 7) is 3.58. The van der Waals surface area contributed by atoms with Gasteiger partial charge < -0.3 is 10.2 Å². The molecule has 0 aromatic carbocycles. The van der Waals surface area contributed by atoms with Crippen molar-refractivity contribution in [2.75, 3.05) is 0 Å². The Morgan fingerprint density at radius 3 is 2.43 bits per heavy atom. The van der Waals surface area contributed by atoms with Crippen molar-refractivity contribution in [3.8, 4) is 0 Å². The first kappa shape index (κ1) is 11.7. The molecule has 1 fully saturated rings. The number of rotatable bonds is 5. The van der Waals surface area contributed by atoms with Crippen LogP contribution in [0.2, 0.25) is 0 Å². The molecule has 0 aromatic rings. The fourth-order valence-corrected chi connectivity index (χ4v) is 2.28. The van der Waals surface area contributed by atoms with Crippen LogP contribution in [0.25, 0.3) is 0 Å². The van der Waals surface area contributed by atoms with Crippen LogP contribution >= 0.6 is 0 Å². The molecular weight excluding hydrogens is 176 g/mol. The van der Waals surface area contributed by atoms with Crippen LogP contribution in [0, 0.1) is 5.92 Å². The van der Waals surface area contributed by atoms with Gasteiger partial charge in [0.25, 0.3) is 0 Å². The Morgan fingerprint density at radius 1 is 1.21 bits per heavy atom. The summed E-state index contributed by atoms with van der Waals surface area (Å²) in [5, 5.41) is 19.4. The molecule has 0 aliphatic heterocycles. The van der Waals surface area contributed by atoms with Gasteiger partial charge in [-0.25, -0.2) is 0 Å². The van der Waals surface area contributed by atoms with Gasteiger partial charge in [0.15, 0.2) is 0 Å². The van der Waals surface area contributed by atoms with Gasteiger partial charge in [0.1, 0.15) is 0 Å². The van der Waals surface area contributed by atoms with E-state index in [1.165, 1.54) is 19.3 Å². The minimum absolute atomic E-state index is 0.315. The molecule has 0 bridgehead atoms. The molecule has 0 amide bonds. The van der Waals surface area contributed by atoms with E-state index in [4.69, 9.17) is 0 Å². The number of hydrogen-bond acceptors (Lipinski definition) is 2. The maximum atomic E-state index is 9.88. The fraction of sp³-hybridized carbons (Fsp3) is 0.833. The highest BCUT2D eigenvalue weighted by molar-refractivity contribution is 4.79. The average molecular weight is 198 g/mol. The van der Waals surface area contributed by atoms with Crippen LogP contribution in [0.15, 0.2) is 12.7 Å². The van der Waals surface area contributed by atoms with Gasteiger partial charge in [-0.3, -0.25) is 0 Å². The highest BCUT2D eigenvalue weighted by atomic mass is 16.3. The summed E-state index contributed by atoms with van der Waals surface area (Å²) in [7, 11) is 0. The van der Waals surface area contributed by atoms with E-state index in [2.05, 4.69) is 6.58 Å². The molecule has 0 aromatic heterocycles. The maximum Gasteiger partial charge on any atom is 0.0599 e. The Labute approximate surface area is 86.6 Å². The van der Waals surface area contributed by atoms with E-state index in [-0.39, 0.29) is 6.10 Å². The highest BCUT2D eigenvalue weighted by Crippen LogP contribution is 2.28. The van der Waals surface area contributed by atoms with Crippen LogP contribution in [0.1, 0.15) is 44.9 Å². The predicted octanol–water partition coefficient (Wildman–Crippen LogP) is 2.25. The molecule has 1 rings (SSSR count). The summed E-state index contributed by atoms with van der Waals surface area (Å²) in [4.78, 5) is 0. The van der Waals surface area contributed by atoms with Crippen LogP contribution in [0.4, 0.5) is 0 Å². The fourth-order valence-electron chi connectivity index (χ4n) is 2.28. The van der Waals surface area contributed by atoms with Crippen molar-refractivity contribution >= 4 is 0 Å².